The summed E-state index contributed by atoms with van der Waals surface area (Å²) in [6.45, 7) is 11.9. The zero-order valence-electron chi connectivity index (χ0n) is 20.6. The van der Waals surface area contributed by atoms with Crippen molar-refractivity contribution in [1.82, 2.24) is 20.3 Å². The summed E-state index contributed by atoms with van der Waals surface area (Å²) < 4.78 is 13.8. The molecule has 0 radical (unpaired) electrons. The van der Waals surface area contributed by atoms with Crippen molar-refractivity contribution in [3.05, 3.63) is 120 Å². The third kappa shape index (κ3) is 5.44. The zero-order valence-corrected chi connectivity index (χ0v) is 20.6. The first-order valence-electron chi connectivity index (χ1n) is 11.8. The summed E-state index contributed by atoms with van der Waals surface area (Å²) in [5.41, 5.74) is 14.4. The van der Waals surface area contributed by atoms with Crippen molar-refractivity contribution in [2.45, 2.75) is 26.7 Å². The van der Waals surface area contributed by atoms with Crippen molar-refractivity contribution in [2.24, 2.45) is 0 Å². The van der Waals surface area contributed by atoms with E-state index in [0.29, 0.717) is 12.2 Å². The Morgan fingerprint density at radius 1 is 1.19 bits per heavy atom. The fraction of sp³-hybridized carbons (Fsp3) is 0.133. The number of anilines is 1. The van der Waals surface area contributed by atoms with Gasteiger partial charge in [-0.1, -0.05) is 38.3 Å². The van der Waals surface area contributed by atoms with Gasteiger partial charge in [0, 0.05) is 58.0 Å². The molecule has 36 heavy (non-hydrogen) atoms. The Morgan fingerprint density at radius 3 is 2.75 bits per heavy atom. The monoisotopic (exact) mass is 479 g/mol. The second kappa shape index (κ2) is 10.9. The highest BCUT2D eigenvalue weighted by molar-refractivity contribution is 5.94. The predicted octanol–water partition coefficient (Wildman–Crippen LogP) is 6.92. The Kier molecular flexibility index (Phi) is 7.44. The zero-order chi connectivity index (χ0) is 25.7. The summed E-state index contributed by atoms with van der Waals surface area (Å²) in [4.78, 5) is 12.2. The van der Waals surface area contributed by atoms with Gasteiger partial charge in [0.1, 0.15) is 11.6 Å². The fourth-order valence-corrected chi connectivity index (χ4v) is 4.06. The van der Waals surface area contributed by atoms with Crippen LogP contribution in [0.25, 0.3) is 27.6 Å². The molecule has 0 fully saturated rings. The van der Waals surface area contributed by atoms with Crippen molar-refractivity contribution in [3.8, 4) is 11.1 Å². The van der Waals surface area contributed by atoms with E-state index in [0.717, 1.165) is 62.2 Å². The Bertz CT molecular complexity index is 1490. The van der Waals surface area contributed by atoms with Gasteiger partial charge in [0.2, 0.25) is 0 Å². The summed E-state index contributed by atoms with van der Waals surface area (Å²) in [7, 11) is 0. The minimum atomic E-state index is -0.279. The number of allylic oxidation sites excluding steroid dienone is 5. The van der Waals surface area contributed by atoms with Gasteiger partial charge in [-0.25, -0.2) is 9.37 Å². The Labute approximate surface area is 211 Å². The SMILES string of the molecule is C=C/C(=C\C(=C/C)c1cnc(N)c(Cc2cc3c(-c4cccc(F)c4)cncc3[nH]2)c1)NC(=C)CC. The third-order valence-corrected chi connectivity index (χ3v) is 6.04. The number of nitrogen functional groups attached to an aromatic ring is 1. The van der Waals surface area contributed by atoms with Crippen molar-refractivity contribution in [2.75, 3.05) is 5.73 Å². The van der Waals surface area contributed by atoms with E-state index >= 15 is 0 Å². The van der Waals surface area contributed by atoms with Gasteiger partial charge < -0.3 is 16.0 Å². The molecule has 4 N–H and O–H groups in total. The lowest BCUT2D eigenvalue weighted by atomic mass is 10.0. The summed E-state index contributed by atoms with van der Waals surface area (Å²) in [5.74, 6) is 0.195. The van der Waals surface area contributed by atoms with Crippen LogP contribution < -0.4 is 11.1 Å². The molecule has 1 aromatic carbocycles. The summed E-state index contributed by atoms with van der Waals surface area (Å²) >= 11 is 0. The topological polar surface area (TPSA) is 79.6 Å². The molecule has 0 aliphatic heterocycles. The molecule has 0 spiro atoms. The van der Waals surface area contributed by atoms with E-state index in [1.165, 1.54) is 12.1 Å². The fourth-order valence-electron chi connectivity index (χ4n) is 4.06. The van der Waals surface area contributed by atoms with Gasteiger partial charge >= 0.3 is 0 Å². The van der Waals surface area contributed by atoms with E-state index in [1.807, 2.05) is 32.1 Å². The number of aromatic amines is 1. The standard InChI is InChI=1S/C30H30FN5/c1-5-19(4)35-25(7-3)13-20(6-2)23-11-22(30(32)34-16-23)14-26-15-27-28(17-33-18-29(27)36-26)21-9-8-10-24(31)12-21/h6-13,15-18,35-36H,3-5,14H2,1-2H3,(H2,32,34)/b20-6+,25-13+. The van der Waals surface area contributed by atoms with Crippen LogP contribution >= 0.6 is 0 Å². The van der Waals surface area contributed by atoms with Gasteiger partial charge in [-0.05, 0) is 60.9 Å². The number of aromatic nitrogens is 3. The smallest absolute Gasteiger partial charge is 0.126 e. The molecule has 0 saturated carbocycles. The molecule has 0 atom stereocenters. The van der Waals surface area contributed by atoms with Crippen LogP contribution in [0.1, 0.15) is 37.1 Å². The molecule has 4 aromatic rings. The molecular formula is C30H30FN5. The van der Waals surface area contributed by atoms with Crippen LogP contribution in [0, 0.1) is 5.82 Å². The maximum Gasteiger partial charge on any atom is 0.126 e. The first-order chi connectivity index (χ1) is 17.4. The number of nitrogens with two attached hydrogens (primary N) is 1. The molecule has 4 rings (SSSR count). The predicted molar refractivity (Wildman–Crippen MR) is 147 cm³/mol. The minimum absolute atomic E-state index is 0.279. The molecule has 0 bridgehead atoms. The van der Waals surface area contributed by atoms with Crippen molar-refractivity contribution >= 4 is 22.3 Å². The molecular weight excluding hydrogens is 449 g/mol. The number of fused-ring (bicyclic) bond motifs is 1. The molecule has 0 saturated heterocycles. The highest BCUT2D eigenvalue weighted by atomic mass is 19.1. The lowest BCUT2D eigenvalue weighted by Crippen LogP contribution is -2.09. The number of pyridine rings is 2. The second-order valence-electron chi connectivity index (χ2n) is 8.53. The van der Waals surface area contributed by atoms with Crippen LogP contribution in [0.3, 0.4) is 0 Å². The summed E-state index contributed by atoms with van der Waals surface area (Å²) in [6.07, 6.45) is 12.5. The summed E-state index contributed by atoms with van der Waals surface area (Å²) in [5, 5.41) is 4.26. The number of rotatable bonds is 9. The van der Waals surface area contributed by atoms with E-state index in [-0.39, 0.29) is 5.82 Å². The van der Waals surface area contributed by atoms with Gasteiger partial charge in [-0.15, -0.1) is 0 Å². The third-order valence-electron chi connectivity index (χ3n) is 6.04. The Balaban J connectivity index is 1.66. The van der Waals surface area contributed by atoms with Crippen LogP contribution in [-0.4, -0.2) is 15.0 Å². The number of nitrogens with zero attached hydrogens (tertiary/aromatic N) is 2. The number of hydrogen-bond acceptors (Lipinski definition) is 4. The van der Waals surface area contributed by atoms with E-state index in [9.17, 15) is 4.39 Å². The highest BCUT2D eigenvalue weighted by Crippen LogP contribution is 2.30. The molecule has 0 amide bonds. The average molecular weight is 480 g/mol. The number of nitrogens with one attached hydrogen (secondary N) is 2. The maximum absolute atomic E-state index is 13.8. The molecule has 3 heterocycles. The van der Waals surface area contributed by atoms with Gasteiger partial charge in [0.25, 0.3) is 0 Å². The molecule has 0 aliphatic rings. The molecule has 6 heteroatoms. The largest absolute Gasteiger partial charge is 0.383 e. The van der Waals surface area contributed by atoms with Crippen molar-refractivity contribution in [3.63, 3.8) is 0 Å². The van der Waals surface area contributed by atoms with Gasteiger partial charge in [0.15, 0.2) is 0 Å². The van der Waals surface area contributed by atoms with Crippen molar-refractivity contribution in [1.29, 1.82) is 0 Å². The molecule has 5 nitrogen and oxygen atoms in total. The van der Waals surface area contributed by atoms with E-state index in [2.05, 4.69) is 45.6 Å². The maximum atomic E-state index is 13.8. The van der Waals surface area contributed by atoms with Crippen LogP contribution in [0.15, 0.2) is 97.8 Å². The highest BCUT2D eigenvalue weighted by Gasteiger charge is 2.12. The van der Waals surface area contributed by atoms with Gasteiger partial charge in [0.05, 0.1) is 11.7 Å². The first kappa shape index (κ1) is 24.7. The van der Waals surface area contributed by atoms with Crippen LogP contribution in [0.5, 0.6) is 0 Å². The lowest BCUT2D eigenvalue weighted by Gasteiger charge is -2.12. The number of hydrogen-bond donors (Lipinski definition) is 3. The minimum Gasteiger partial charge on any atom is -0.383 e. The van der Waals surface area contributed by atoms with Crippen molar-refractivity contribution < 1.29 is 4.39 Å². The van der Waals surface area contributed by atoms with Crippen LogP contribution in [0.2, 0.25) is 0 Å². The molecule has 3 aromatic heterocycles. The molecule has 182 valence electrons. The number of halogens is 1. The average Bonchev–Trinajstić information content (AvgIpc) is 3.30. The lowest BCUT2D eigenvalue weighted by molar-refractivity contribution is 0.628. The molecule has 0 unspecified atom stereocenters. The number of H-pyrrole nitrogens is 1. The van der Waals surface area contributed by atoms with Gasteiger partial charge in [-0.3, -0.25) is 4.98 Å². The summed E-state index contributed by atoms with van der Waals surface area (Å²) in [6, 6.07) is 10.7. The first-order valence-corrected chi connectivity index (χ1v) is 11.8. The normalized spacial score (nSPS) is 12.1. The van der Waals surface area contributed by atoms with E-state index < -0.39 is 0 Å². The second-order valence-corrected chi connectivity index (χ2v) is 8.53. The van der Waals surface area contributed by atoms with E-state index in [1.54, 1.807) is 30.7 Å². The molecule has 0 aliphatic carbocycles. The van der Waals surface area contributed by atoms with Crippen LogP contribution in [0.4, 0.5) is 10.2 Å². The Morgan fingerprint density at radius 2 is 2.03 bits per heavy atom. The van der Waals surface area contributed by atoms with Gasteiger partial charge in [-0.2, -0.15) is 0 Å². The van der Waals surface area contributed by atoms with E-state index in [4.69, 9.17) is 5.73 Å². The van der Waals surface area contributed by atoms with Crippen LogP contribution in [-0.2, 0) is 6.42 Å². The number of benzene rings is 1. The Hall–Kier alpha value is -4.45. The quantitative estimate of drug-likeness (QED) is 0.228.